The molecule has 0 heterocycles. The summed E-state index contributed by atoms with van der Waals surface area (Å²) in [4.78, 5) is 10.1. The van der Waals surface area contributed by atoms with Crippen LogP contribution in [0, 0.1) is 0 Å². The summed E-state index contributed by atoms with van der Waals surface area (Å²) in [5.74, 6) is -0.620. The van der Waals surface area contributed by atoms with Gasteiger partial charge in [-0.15, -0.1) is 0 Å². The van der Waals surface area contributed by atoms with Crippen LogP contribution in [-0.2, 0) is 9.53 Å². The molecule has 0 aromatic rings. The van der Waals surface area contributed by atoms with Gasteiger partial charge in [-0.3, -0.25) is 0 Å². The normalized spacial score (nSPS) is 7.22. The van der Waals surface area contributed by atoms with Crippen molar-refractivity contribution in [2.45, 2.75) is 0 Å². The van der Waals surface area contributed by atoms with Crippen molar-refractivity contribution in [2.24, 2.45) is 0 Å². The van der Waals surface area contributed by atoms with Gasteiger partial charge in [0.1, 0.15) is 13.2 Å². The van der Waals surface area contributed by atoms with Gasteiger partial charge in [0.15, 0.2) is 0 Å². The fourth-order valence-corrected chi connectivity index (χ4v) is 0.198. The summed E-state index contributed by atoms with van der Waals surface area (Å²) in [5.41, 5.74) is 0. The minimum absolute atomic E-state index is 0. The molecule has 0 spiro atoms. The van der Waals surface area contributed by atoms with Crippen LogP contribution in [0.1, 0.15) is 0 Å². The molecule has 0 fully saturated rings. The number of esters is 1. The zero-order valence-corrected chi connectivity index (χ0v) is 4.46. The maximum atomic E-state index is 10.1. The van der Waals surface area contributed by atoms with Gasteiger partial charge < -0.3 is 9.84 Å². The molecule has 0 rings (SSSR count). The van der Waals surface area contributed by atoms with Gasteiger partial charge in [-0.1, -0.05) is 12.7 Å². The van der Waals surface area contributed by atoms with E-state index in [0.29, 0.717) is 0 Å². The number of ether oxygens (including phenoxy) is 1. The Morgan fingerprint density at radius 3 is 2.67 bits per heavy atom. The molecule has 1 N–H and O–H groups in total. The summed E-state index contributed by atoms with van der Waals surface area (Å²) in [6, 6.07) is 0. The Hall–Kier alpha value is 0.170. The fourth-order valence-electron chi connectivity index (χ4n) is 0.198. The van der Waals surface area contributed by atoms with E-state index in [0.717, 1.165) is 0 Å². The average Bonchev–Trinajstić information content (AvgIpc) is 1.83. The van der Waals surface area contributed by atoms with Crippen molar-refractivity contribution >= 4 is 35.5 Å². The predicted molar refractivity (Wildman–Crippen MR) is 35.4 cm³/mol. The molecule has 9 heavy (non-hydrogen) atoms. The summed E-state index contributed by atoms with van der Waals surface area (Å²) in [6.07, 6.45) is 1.44. The van der Waals surface area contributed by atoms with E-state index >= 15 is 0 Å². The predicted octanol–water partition coefficient (Wildman–Crippen LogP) is -0.941. The van der Waals surface area contributed by atoms with Crippen LogP contribution in [0.3, 0.4) is 0 Å². The van der Waals surface area contributed by atoms with E-state index in [1.165, 1.54) is 6.08 Å². The Bertz CT molecular complexity index is 92.2. The molecule has 0 saturated heterocycles. The van der Waals surface area contributed by atoms with E-state index in [9.17, 15) is 4.79 Å². The molecule has 0 radical (unpaired) electrons. The van der Waals surface area contributed by atoms with Crippen molar-refractivity contribution in [2.75, 3.05) is 13.2 Å². The topological polar surface area (TPSA) is 46.5 Å². The average molecular weight is 140 g/mol. The Labute approximate surface area is 76.0 Å². The zero-order valence-electron chi connectivity index (χ0n) is 4.46. The molecular formula is C5H9NaO3. The molecule has 0 unspecified atom stereocenters. The third-order valence-electron chi connectivity index (χ3n) is 0.491. The first-order valence-corrected chi connectivity index (χ1v) is 2.18. The first-order valence-electron chi connectivity index (χ1n) is 2.18. The Morgan fingerprint density at radius 1 is 1.78 bits per heavy atom. The maximum absolute atomic E-state index is 10.1. The van der Waals surface area contributed by atoms with Crippen molar-refractivity contribution in [3.63, 3.8) is 0 Å². The molecule has 0 aromatic carbocycles. The Balaban J connectivity index is 0. The van der Waals surface area contributed by atoms with Crippen molar-refractivity contribution < 1.29 is 14.6 Å². The first-order chi connectivity index (χ1) is 3.81. The summed E-state index contributed by atoms with van der Waals surface area (Å²) in [6.45, 7) is 2.91. The quantitative estimate of drug-likeness (QED) is 0.312. The van der Waals surface area contributed by atoms with E-state index < -0.39 is 12.6 Å². The van der Waals surface area contributed by atoms with Gasteiger partial charge >= 0.3 is 35.5 Å². The zero-order chi connectivity index (χ0) is 6.41. The van der Waals surface area contributed by atoms with Gasteiger partial charge in [-0.25, -0.2) is 4.79 Å². The van der Waals surface area contributed by atoms with Crippen molar-refractivity contribution in [1.29, 1.82) is 0 Å². The SMILES string of the molecule is C=CCOC(=O)CO.[NaH]. The molecule has 0 aromatic heterocycles. The molecular weight excluding hydrogens is 131 g/mol. The van der Waals surface area contributed by atoms with Crippen molar-refractivity contribution in [3.8, 4) is 0 Å². The Kier molecular flexibility index (Phi) is 10.8. The van der Waals surface area contributed by atoms with Crippen LogP contribution < -0.4 is 0 Å². The summed E-state index contributed by atoms with van der Waals surface area (Å²) >= 11 is 0. The van der Waals surface area contributed by atoms with Gasteiger partial charge in [-0.05, 0) is 0 Å². The molecule has 3 nitrogen and oxygen atoms in total. The number of aliphatic hydroxyl groups is 1. The summed E-state index contributed by atoms with van der Waals surface area (Å²) in [7, 11) is 0. The second kappa shape index (κ2) is 8.17. The molecule has 48 valence electrons. The van der Waals surface area contributed by atoms with Crippen LogP contribution in [0.15, 0.2) is 12.7 Å². The van der Waals surface area contributed by atoms with E-state index in [2.05, 4.69) is 11.3 Å². The second-order valence-electron chi connectivity index (χ2n) is 1.13. The molecule has 0 aliphatic heterocycles. The van der Waals surface area contributed by atoms with Crippen LogP contribution in [0.4, 0.5) is 0 Å². The molecule has 0 amide bonds. The second-order valence-corrected chi connectivity index (χ2v) is 1.13. The third kappa shape index (κ3) is 8.17. The molecule has 0 saturated carbocycles. The van der Waals surface area contributed by atoms with Gasteiger partial charge in [0.25, 0.3) is 0 Å². The number of hydrogen-bond acceptors (Lipinski definition) is 3. The Morgan fingerprint density at radius 2 is 2.33 bits per heavy atom. The van der Waals surface area contributed by atoms with Gasteiger partial charge in [0, 0.05) is 0 Å². The van der Waals surface area contributed by atoms with Gasteiger partial charge in [-0.2, -0.15) is 0 Å². The van der Waals surface area contributed by atoms with E-state index in [-0.39, 0.29) is 36.2 Å². The number of aliphatic hydroxyl groups excluding tert-OH is 1. The summed E-state index contributed by atoms with van der Waals surface area (Å²) in [5, 5.41) is 8.05. The fraction of sp³-hybridized carbons (Fsp3) is 0.400. The van der Waals surface area contributed by atoms with Gasteiger partial charge in [0.05, 0.1) is 0 Å². The first kappa shape index (κ1) is 11.9. The molecule has 0 bridgehead atoms. The summed E-state index contributed by atoms with van der Waals surface area (Å²) < 4.78 is 4.33. The molecule has 0 aliphatic carbocycles. The minimum atomic E-state index is -0.620. The van der Waals surface area contributed by atoms with Gasteiger partial charge in [0.2, 0.25) is 0 Å². The monoisotopic (exact) mass is 140 g/mol. The van der Waals surface area contributed by atoms with E-state index in [1.54, 1.807) is 0 Å². The van der Waals surface area contributed by atoms with Crippen molar-refractivity contribution in [1.82, 2.24) is 0 Å². The van der Waals surface area contributed by atoms with Crippen LogP contribution >= 0.6 is 0 Å². The number of carbonyl (C=O) groups is 1. The van der Waals surface area contributed by atoms with Crippen LogP contribution in [0.5, 0.6) is 0 Å². The van der Waals surface area contributed by atoms with Crippen LogP contribution in [0.25, 0.3) is 0 Å². The number of hydrogen-bond donors (Lipinski definition) is 1. The molecule has 4 heteroatoms. The molecule has 0 atom stereocenters. The third-order valence-corrected chi connectivity index (χ3v) is 0.491. The number of rotatable bonds is 3. The standard InChI is InChI=1S/C5H8O3.Na.H/c1-2-3-8-5(7)4-6;;/h2,6H,1,3-4H2;;. The van der Waals surface area contributed by atoms with E-state index in [4.69, 9.17) is 5.11 Å². The van der Waals surface area contributed by atoms with Crippen LogP contribution in [0.2, 0.25) is 0 Å². The van der Waals surface area contributed by atoms with Crippen LogP contribution in [-0.4, -0.2) is 53.8 Å². The van der Waals surface area contributed by atoms with Crippen molar-refractivity contribution in [3.05, 3.63) is 12.7 Å². The molecule has 0 aliphatic rings. The number of carbonyl (C=O) groups excluding carboxylic acids is 1. The van der Waals surface area contributed by atoms with E-state index in [1.807, 2.05) is 0 Å².